The van der Waals surface area contributed by atoms with E-state index >= 15 is 0 Å². The zero-order valence-electron chi connectivity index (χ0n) is 17.6. The van der Waals surface area contributed by atoms with Crippen molar-refractivity contribution in [1.82, 2.24) is 14.3 Å². The van der Waals surface area contributed by atoms with Gasteiger partial charge in [-0.25, -0.2) is 14.3 Å². The normalized spacial score (nSPS) is 21.4. The number of sulfonamides is 1. The Morgan fingerprint density at radius 3 is 2.80 bits per heavy atom. The molecule has 2 aromatic rings. The highest BCUT2D eigenvalue weighted by atomic mass is 32.2. The minimum Gasteiger partial charge on any atom is -0.370 e. The van der Waals surface area contributed by atoms with E-state index in [9.17, 15) is 13.2 Å². The number of carbonyl (C=O) groups excluding carboxylic acids is 1. The van der Waals surface area contributed by atoms with Crippen LogP contribution in [0.25, 0.3) is 0 Å². The number of anilines is 2. The van der Waals surface area contributed by atoms with Crippen LogP contribution >= 0.6 is 0 Å². The first-order chi connectivity index (χ1) is 14.3. The summed E-state index contributed by atoms with van der Waals surface area (Å²) in [6, 6.07) is 4.79. The molecule has 2 aliphatic rings. The summed E-state index contributed by atoms with van der Waals surface area (Å²) in [5.74, 6) is 0.998. The molecule has 160 valence electrons. The molecule has 1 unspecified atom stereocenters. The Hall–Kier alpha value is -2.68. The zero-order valence-corrected chi connectivity index (χ0v) is 18.4. The predicted molar refractivity (Wildman–Crippen MR) is 115 cm³/mol. The summed E-state index contributed by atoms with van der Waals surface area (Å²) in [5, 5.41) is 3.05. The van der Waals surface area contributed by atoms with E-state index in [-0.39, 0.29) is 5.03 Å². The largest absolute Gasteiger partial charge is 0.370 e. The molecule has 9 heteroatoms. The van der Waals surface area contributed by atoms with Gasteiger partial charge < -0.3 is 10.2 Å². The fourth-order valence-electron chi connectivity index (χ4n) is 4.11. The first-order valence-corrected chi connectivity index (χ1v) is 11.7. The van der Waals surface area contributed by atoms with Gasteiger partial charge in [0.25, 0.3) is 15.9 Å². The highest BCUT2D eigenvalue weighted by Gasteiger charge is 2.34. The van der Waals surface area contributed by atoms with Gasteiger partial charge >= 0.3 is 0 Å². The number of hydrogen-bond acceptors (Lipinski definition) is 7. The third-order valence-corrected chi connectivity index (χ3v) is 7.74. The number of pyridine rings is 2. The zero-order chi connectivity index (χ0) is 21.5. The van der Waals surface area contributed by atoms with Crippen LogP contribution in [0.2, 0.25) is 0 Å². The summed E-state index contributed by atoms with van der Waals surface area (Å²) in [6.45, 7) is 6.07. The van der Waals surface area contributed by atoms with Crippen LogP contribution in [0.1, 0.15) is 40.7 Å². The topological polar surface area (TPSA) is 95.5 Å². The summed E-state index contributed by atoms with van der Waals surface area (Å²) < 4.78 is 27.2. The fourth-order valence-corrected chi connectivity index (χ4v) is 5.17. The molecule has 0 saturated carbocycles. The van der Waals surface area contributed by atoms with E-state index in [2.05, 4.69) is 20.2 Å². The Morgan fingerprint density at radius 2 is 2.00 bits per heavy atom. The molecular formula is C21H27N5O3S. The van der Waals surface area contributed by atoms with Crippen molar-refractivity contribution in [2.45, 2.75) is 38.1 Å². The smallest absolute Gasteiger partial charge is 0.284 e. The first-order valence-electron chi connectivity index (χ1n) is 10.2. The van der Waals surface area contributed by atoms with Crippen LogP contribution in [-0.2, 0) is 10.0 Å². The van der Waals surface area contributed by atoms with Gasteiger partial charge in [0, 0.05) is 32.9 Å². The van der Waals surface area contributed by atoms with Gasteiger partial charge in [-0.15, -0.1) is 0 Å². The average molecular weight is 430 g/mol. The van der Waals surface area contributed by atoms with Crippen LogP contribution in [0.15, 0.2) is 29.4 Å². The summed E-state index contributed by atoms with van der Waals surface area (Å²) in [5.41, 5.74) is 1.96. The first kappa shape index (κ1) is 20.6. The lowest BCUT2D eigenvalue weighted by molar-refractivity contribution is 0.0882. The third kappa shape index (κ3) is 3.62. The molecule has 0 spiro atoms. The van der Waals surface area contributed by atoms with Crippen LogP contribution in [-0.4, -0.2) is 55.3 Å². The molecule has 2 aliphatic heterocycles. The van der Waals surface area contributed by atoms with E-state index in [1.807, 2.05) is 13.8 Å². The molecule has 1 atom stereocenters. The number of nitrogens with one attached hydrogen (secondary N) is 1. The van der Waals surface area contributed by atoms with Crippen molar-refractivity contribution in [2.24, 2.45) is 5.92 Å². The fraction of sp³-hybridized carbons (Fsp3) is 0.476. The lowest BCUT2D eigenvalue weighted by atomic mass is 10.0. The van der Waals surface area contributed by atoms with Crippen LogP contribution in [0.5, 0.6) is 0 Å². The second kappa shape index (κ2) is 7.86. The number of fused-ring (bicyclic) bond motifs is 6. The van der Waals surface area contributed by atoms with Gasteiger partial charge in [0.1, 0.15) is 11.6 Å². The lowest BCUT2D eigenvalue weighted by Gasteiger charge is -2.25. The SMILES string of the molecule is Cc1cnc2c(c1C)C(=O)N(C)S(=O)(=O)c1cccc(n1)NCCCC1CCN2C1. The molecule has 2 aromatic heterocycles. The van der Waals surface area contributed by atoms with Gasteiger partial charge in [-0.3, -0.25) is 4.79 Å². The number of carbonyl (C=O) groups is 1. The Bertz CT molecular complexity index is 1090. The molecule has 0 aromatic carbocycles. The van der Waals surface area contributed by atoms with Crippen molar-refractivity contribution in [1.29, 1.82) is 0 Å². The van der Waals surface area contributed by atoms with Crippen molar-refractivity contribution in [2.75, 3.05) is 36.9 Å². The minimum atomic E-state index is -4.11. The van der Waals surface area contributed by atoms with Gasteiger partial charge in [-0.2, -0.15) is 8.42 Å². The van der Waals surface area contributed by atoms with Crippen LogP contribution in [0.4, 0.5) is 11.6 Å². The molecule has 1 amide bonds. The summed E-state index contributed by atoms with van der Waals surface area (Å²) >= 11 is 0. The highest BCUT2D eigenvalue weighted by Crippen LogP contribution is 2.32. The Balaban J connectivity index is 1.85. The maximum atomic E-state index is 13.5. The number of hydrogen-bond donors (Lipinski definition) is 1. The van der Waals surface area contributed by atoms with Crippen molar-refractivity contribution < 1.29 is 13.2 Å². The molecule has 4 bridgehead atoms. The third-order valence-electron chi connectivity index (χ3n) is 6.10. The Morgan fingerprint density at radius 1 is 1.20 bits per heavy atom. The maximum Gasteiger partial charge on any atom is 0.284 e. The summed E-state index contributed by atoms with van der Waals surface area (Å²) in [4.78, 5) is 24.4. The van der Waals surface area contributed by atoms with E-state index in [4.69, 9.17) is 0 Å². The standard InChI is InChI=1S/C21H27N5O3S/c1-14-12-23-20-19(15(14)2)21(27)25(3)30(28,29)18-8-4-7-17(24-18)22-10-5-6-16-9-11-26(20)13-16/h4,7-8,12,16H,5-6,9-11,13H2,1-3H3,(H,22,24). The van der Waals surface area contributed by atoms with E-state index in [1.165, 1.54) is 13.1 Å². The van der Waals surface area contributed by atoms with Crippen molar-refractivity contribution in [3.05, 3.63) is 41.1 Å². The Kier molecular flexibility index (Phi) is 5.40. The Labute approximate surface area is 177 Å². The number of rotatable bonds is 0. The van der Waals surface area contributed by atoms with Gasteiger partial charge in [-0.1, -0.05) is 6.07 Å². The number of aromatic nitrogens is 2. The summed E-state index contributed by atoms with van der Waals surface area (Å²) in [7, 11) is -2.82. The molecule has 1 saturated heterocycles. The summed E-state index contributed by atoms with van der Waals surface area (Å²) in [6.07, 6.45) is 4.80. The van der Waals surface area contributed by atoms with E-state index in [1.54, 1.807) is 18.3 Å². The van der Waals surface area contributed by atoms with Crippen LogP contribution < -0.4 is 10.2 Å². The van der Waals surface area contributed by atoms with E-state index in [0.717, 1.165) is 54.3 Å². The maximum absolute atomic E-state index is 13.5. The molecule has 0 aliphatic carbocycles. The number of amides is 1. The quantitative estimate of drug-likeness (QED) is 0.688. The minimum absolute atomic E-state index is 0.153. The average Bonchev–Trinajstić information content (AvgIpc) is 3.20. The highest BCUT2D eigenvalue weighted by molar-refractivity contribution is 7.89. The molecule has 1 fully saturated rings. The molecule has 0 radical (unpaired) electrons. The van der Waals surface area contributed by atoms with Crippen LogP contribution in [0.3, 0.4) is 0 Å². The predicted octanol–water partition coefficient (Wildman–Crippen LogP) is 2.59. The van der Waals surface area contributed by atoms with Crippen molar-refractivity contribution in [3.8, 4) is 0 Å². The van der Waals surface area contributed by atoms with Crippen LogP contribution in [0, 0.1) is 19.8 Å². The number of aryl methyl sites for hydroxylation is 1. The van der Waals surface area contributed by atoms with E-state index in [0.29, 0.717) is 23.1 Å². The molecule has 30 heavy (non-hydrogen) atoms. The van der Waals surface area contributed by atoms with Gasteiger partial charge in [-0.05, 0) is 62.3 Å². The number of nitrogens with zero attached hydrogens (tertiary/aromatic N) is 4. The van der Waals surface area contributed by atoms with Gasteiger partial charge in [0.2, 0.25) is 0 Å². The monoisotopic (exact) mass is 429 g/mol. The molecule has 1 N–H and O–H groups in total. The molecule has 4 heterocycles. The van der Waals surface area contributed by atoms with Crippen molar-refractivity contribution >= 4 is 27.6 Å². The van der Waals surface area contributed by atoms with E-state index < -0.39 is 15.9 Å². The lowest BCUT2D eigenvalue weighted by Crippen LogP contribution is -2.36. The van der Waals surface area contributed by atoms with Crippen molar-refractivity contribution in [3.63, 3.8) is 0 Å². The molecular weight excluding hydrogens is 402 g/mol. The molecule has 4 rings (SSSR count). The second-order valence-corrected chi connectivity index (χ2v) is 9.99. The second-order valence-electron chi connectivity index (χ2n) is 8.07. The molecule has 8 nitrogen and oxygen atoms in total. The van der Waals surface area contributed by atoms with Gasteiger partial charge in [0.15, 0.2) is 5.03 Å². The van der Waals surface area contributed by atoms with Gasteiger partial charge in [0.05, 0.1) is 5.56 Å².